The quantitative estimate of drug-likeness (QED) is 0.372. The highest BCUT2D eigenvalue weighted by Gasteiger charge is 2.43. The van der Waals surface area contributed by atoms with Crippen LogP contribution in [0.15, 0.2) is 53.5 Å². The van der Waals surface area contributed by atoms with Crippen molar-refractivity contribution in [1.29, 1.82) is 0 Å². The molecule has 1 aliphatic carbocycles. The zero-order chi connectivity index (χ0) is 21.7. The van der Waals surface area contributed by atoms with Gasteiger partial charge in [0.05, 0.1) is 16.6 Å². The molecular weight excluding hydrogens is 412 g/mol. The Balaban J connectivity index is 1.34. The summed E-state index contributed by atoms with van der Waals surface area (Å²) >= 11 is 6.09. The highest BCUT2D eigenvalue weighted by molar-refractivity contribution is 6.33. The number of fused-ring (bicyclic) bond motifs is 1. The number of halogens is 1. The van der Waals surface area contributed by atoms with Crippen LogP contribution in [0.25, 0.3) is 0 Å². The molecule has 1 amide bonds. The molecule has 0 saturated heterocycles. The Kier molecular flexibility index (Phi) is 6.66. The van der Waals surface area contributed by atoms with E-state index in [1.807, 2.05) is 12.1 Å². The maximum Gasteiger partial charge on any atom is 0.252 e. The van der Waals surface area contributed by atoms with Gasteiger partial charge in [-0.25, -0.2) is 0 Å². The first-order chi connectivity index (χ1) is 15.1. The number of guanidine groups is 1. The topological polar surface area (TPSA) is 74.8 Å². The Bertz CT molecular complexity index is 956. The van der Waals surface area contributed by atoms with Crippen molar-refractivity contribution in [3.63, 3.8) is 0 Å². The van der Waals surface area contributed by atoms with E-state index in [-0.39, 0.29) is 17.6 Å². The van der Waals surface area contributed by atoms with E-state index in [1.54, 1.807) is 31.3 Å². The minimum absolute atomic E-state index is 0.0756. The lowest BCUT2D eigenvalue weighted by Crippen LogP contribution is -2.47. The van der Waals surface area contributed by atoms with Crippen LogP contribution < -0.4 is 20.7 Å². The number of hydrogen-bond donors (Lipinski definition) is 3. The molecule has 1 heterocycles. The molecule has 164 valence electrons. The van der Waals surface area contributed by atoms with E-state index in [0.29, 0.717) is 29.6 Å². The number of nitrogens with one attached hydrogen (secondary N) is 3. The maximum absolute atomic E-state index is 12.3. The van der Waals surface area contributed by atoms with Crippen LogP contribution in [-0.2, 0) is 0 Å². The fraction of sp³-hybridized carbons (Fsp3) is 0.417. The molecule has 4 rings (SSSR count). The fourth-order valence-corrected chi connectivity index (χ4v) is 4.75. The number of hydrogen-bond acceptors (Lipinski definition) is 3. The first-order valence-corrected chi connectivity index (χ1v) is 11.3. The van der Waals surface area contributed by atoms with E-state index >= 15 is 0 Å². The summed E-state index contributed by atoms with van der Waals surface area (Å²) in [6.45, 7) is 1.00. The second-order valence-corrected chi connectivity index (χ2v) is 8.57. The molecule has 1 fully saturated rings. The van der Waals surface area contributed by atoms with Gasteiger partial charge in [0.25, 0.3) is 5.91 Å². The number of aliphatic imine (C=N–C) groups is 1. The Labute approximate surface area is 188 Å². The number of nitrogens with zero attached hydrogens (tertiary/aromatic N) is 1. The zero-order valence-corrected chi connectivity index (χ0v) is 18.5. The summed E-state index contributed by atoms with van der Waals surface area (Å²) in [6.07, 6.45) is 5.55. The van der Waals surface area contributed by atoms with Crippen molar-refractivity contribution in [2.75, 3.05) is 20.1 Å². The molecule has 0 bridgehead atoms. The third kappa shape index (κ3) is 4.96. The van der Waals surface area contributed by atoms with Crippen molar-refractivity contribution < 1.29 is 9.53 Å². The monoisotopic (exact) mass is 440 g/mol. The summed E-state index contributed by atoms with van der Waals surface area (Å²) in [5, 5.41) is 10.2. The minimum atomic E-state index is -0.183. The number of benzene rings is 2. The Morgan fingerprint density at radius 3 is 2.58 bits per heavy atom. The van der Waals surface area contributed by atoms with Crippen LogP contribution >= 0.6 is 11.6 Å². The van der Waals surface area contributed by atoms with Crippen LogP contribution in [0.2, 0.25) is 5.02 Å². The molecule has 3 N–H and O–H groups in total. The van der Waals surface area contributed by atoms with Crippen molar-refractivity contribution in [1.82, 2.24) is 16.0 Å². The summed E-state index contributed by atoms with van der Waals surface area (Å²) in [5.74, 6) is 1.49. The van der Waals surface area contributed by atoms with E-state index in [2.05, 4.69) is 33.1 Å². The molecule has 2 aromatic rings. The van der Waals surface area contributed by atoms with Crippen LogP contribution in [0.3, 0.4) is 0 Å². The second kappa shape index (κ2) is 9.60. The lowest BCUT2D eigenvalue weighted by molar-refractivity contribution is 0.0396. The Morgan fingerprint density at radius 2 is 1.81 bits per heavy atom. The molecule has 1 aliphatic heterocycles. The molecule has 1 atom stereocenters. The Morgan fingerprint density at radius 1 is 1.10 bits per heavy atom. The molecule has 7 heteroatoms. The normalized spacial score (nSPS) is 19.4. The molecular formula is C24H29ClN4O2. The van der Waals surface area contributed by atoms with Crippen molar-refractivity contribution in [2.45, 2.75) is 43.7 Å². The van der Waals surface area contributed by atoms with Gasteiger partial charge in [0, 0.05) is 32.1 Å². The number of ether oxygens (including phenoxy) is 1. The van der Waals surface area contributed by atoms with Gasteiger partial charge in [-0.1, -0.05) is 41.9 Å². The Hall–Kier alpha value is -2.73. The van der Waals surface area contributed by atoms with E-state index < -0.39 is 0 Å². The number of rotatable bonds is 5. The summed E-state index contributed by atoms with van der Waals surface area (Å²) in [6, 6.07) is 15.4. The molecule has 6 nitrogen and oxygen atoms in total. The van der Waals surface area contributed by atoms with Crippen molar-refractivity contribution >= 4 is 23.5 Å². The summed E-state index contributed by atoms with van der Waals surface area (Å²) in [4.78, 5) is 16.7. The van der Waals surface area contributed by atoms with Crippen molar-refractivity contribution in [3.8, 4) is 5.75 Å². The van der Waals surface area contributed by atoms with Gasteiger partial charge in [0.1, 0.15) is 11.4 Å². The molecule has 1 unspecified atom stereocenters. The smallest absolute Gasteiger partial charge is 0.252 e. The third-order valence-electron chi connectivity index (χ3n) is 6.07. The van der Waals surface area contributed by atoms with Gasteiger partial charge in [0.15, 0.2) is 5.96 Å². The van der Waals surface area contributed by atoms with E-state index in [0.717, 1.165) is 30.6 Å². The SMILES string of the molecule is CN=C(NCCNC(=O)c1ccccc1Cl)NC1CC2(CCCC2)Oc2ccccc21. The summed E-state index contributed by atoms with van der Waals surface area (Å²) in [7, 11) is 1.76. The van der Waals surface area contributed by atoms with Gasteiger partial charge in [-0.05, 0) is 43.9 Å². The maximum atomic E-state index is 12.3. The largest absolute Gasteiger partial charge is 0.487 e. The van der Waals surface area contributed by atoms with E-state index in [1.165, 1.54) is 12.8 Å². The van der Waals surface area contributed by atoms with Gasteiger partial charge in [-0.2, -0.15) is 0 Å². The van der Waals surface area contributed by atoms with Crippen molar-refractivity contribution in [3.05, 3.63) is 64.7 Å². The van der Waals surface area contributed by atoms with Gasteiger partial charge >= 0.3 is 0 Å². The fourth-order valence-electron chi connectivity index (χ4n) is 4.53. The number of para-hydroxylation sites is 1. The first kappa shape index (κ1) is 21.5. The van der Waals surface area contributed by atoms with Gasteiger partial charge in [-0.3, -0.25) is 9.79 Å². The predicted molar refractivity (Wildman–Crippen MR) is 124 cm³/mol. The van der Waals surface area contributed by atoms with Gasteiger partial charge < -0.3 is 20.7 Å². The lowest BCUT2D eigenvalue weighted by atomic mass is 9.86. The third-order valence-corrected chi connectivity index (χ3v) is 6.40. The minimum Gasteiger partial charge on any atom is -0.487 e. The average molecular weight is 441 g/mol. The number of carbonyl (C=O) groups excluding carboxylic acids is 1. The standard InChI is InChI=1S/C24H29ClN4O2/c1-26-23(28-15-14-27-22(30)17-8-2-4-10-19(17)25)29-20-16-24(12-6-7-13-24)31-21-11-5-3-9-18(20)21/h2-5,8-11,20H,6-7,12-16H2,1H3,(H,27,30)(H2,26,28,29). The zero-order valence-electron chi connectivity index (χ0n) is 17.8. The molecule has 1 saturated carbocycles. The average Bonchev–Trinajstić information content (AvgIpc) is 3.23. The van der Waals surface area contributed by atoms with Crippen LogP contribution in [0.4, 0.5) is 0 Å². The number of amides is 1. The molecule has 1 spiro atoms. The van der Waals surface area contributed by atoms with Crippen LogP contribution in [-0.4, -0.2) is 37.6 Å². The molecule has 2 aromatic carbocycles. The molecule has 0 radical (unpaired) electrons. The van der Waals surface area contributed by atoms with Gasteiger partial charge in [-0.15, -0.1) is 0 Å². The number of carbonyl (C=O) groups is 1. The molecule has 2 aliphatic rings. The highest BCUT2D eigenvalue weighted by atomic mass is 35.5. The van der Waals surface area contributed by atoms with Crippen LogP contribution in [0, 0.1) is 0 Å². The summed E-state index contributed by atoms with van der Waals surface area (Å²) < 4.78 is 6.44. The van der Waals surface area contributed by atoms with Crippen LogP contribution in [0.1, 0.15) is 54.1 Å². The first-order valence-electron chi connectivity index (χ1n) is 10.9. The summed E-state index contributed by atoms with van der Waals surface area (Å²) in [5.41, 5.74) is 1.57. The second-order valence-electron chi connectivity index (χ2n) is 8.17. The predicted octanol–water partition coefficient (Wildman–Crippen LogP) is 4.07. The lowest BCUT2D eigenvalue weighted by Gasteiger charge is -2.40. The molecule has 31 heavy (non-hydrogen) atoms. The van der Waals surface area contributed by atoms with Gasteiger partial charge in [0.2, 0.25) is 0 Å². The van der Waals surface area contributed by atoms with E-state index in [9.17, 15) is 4.79 Å². The highest BCUT2D eigenvalue weighted by Crippen LogP contribution is 2.46. The van der Waals surface area contributed by atoms with E-state index in [4.69, 9.17) is 16.3 Å². The van der Waals surface area contributed by atoms with Crippen molar-refractivity contribution in [2.24, 2.45) is 4.99 Å². The van der Waals surface area contributed by atoms with Crippen LogP contribution in [0.5, 0.6) is 5.75 Å². The molecule has 0 aromatic heterocycles.